The quantitative estimate of drug-likeness (QED) is 0.658. The average Bonchev–Trinajstić information content (AvgIpc) is 3.01. The molecule has 1 aliphatic heterocycles. The van der Waals surface area contributed by atoms with Crippen LogP contribution in [0.25, 0.3) is 11.1 Å². The molecule has 3 aromatic rings. The van der Waals surface area contributed by atoms with Gasteiger partial charge in [0.05, 0.1) is 16.6 Å². The summed E-state index contributed by atoms with van der Waals surface area (Å²) >= 11 is 0. The van der Waals surface area contributed by atoms with Crippen LogP contribution in [0.15, 0.2) is 51.7 Å². The number of rotatable bonds is 5. The zero-order chi connectivity index (χ0) is 23.0. The van der Waals surface area contributed by atoms with Crippen molar-refractivity contribution in [3.63, 3.8) is 0 Å². The molecule has 0 aliphatic carbocycles. The van der Waals surface area contributed by atoms with Crippen molar-refractivity contribution in [1.29, 1.82) is 0 Å². The highest BCUT2D eigenvalue weighted by Crippen LogP contribution is 2.38. The molecular formula is C24H27N3O5. The minimum atomic E-state index is -0.666. The van der Waals surface area contributed by atoms with Gasteiger partial charge in [0, 0.05) is 18.3 Å². The third-order valence-electron chi connectivity index (χ3n) is 5.37. The average molecular weight is 437 g/mol. The van der Waals surface area contributed by atoms with E-state index < -0.39 is 11.2 Å². The monoisotopic (exact) mass is 437 g/mol. The lowest BCUT2D eigenvalue weighted by Crippen LogP contribution is -2.43. The van der Waals surface area contributed by atoms with Crippen LogP contribution in [-0.4, -0.2) is 29.5 Å². The number of anilines is 2. The van der Waals surface area contributed by atoms with Gasteiger partial charge in [-0.1, -0.05) is 26.0 Å². The van der Waals surface area contributed by atoms with Crippen LogP contribution < -0.4 is 20.7 Å². The number of benzene rings is 2. The fraction of sp³-hybridized carbons (Fsp3) is 0.375. The summed E-state index contributed by atoms with van der Waals surface area (Å²) in [7, 11) is 0. The number of amides is 2. The number of nitrogens with one attached hydrogen (secondary N) is 1. The van der Waals surface area contributed by atoms with Crippen LogP contribution in [0.3, 0.4) is 0 Å². The molecule has 1 N–H and O–H groups in total. The maximum Gasteiger partial charge on any atom is 0.420 e. The summed E-state index contributed by atoms with van der Waals surface area (Å²) in [4.78, 5) is 39.6. The summed E-state index contributed by atoms with van der Waals surface area (Å²) in [6, 6.07) is 12.2. The molecule has 2 aromatic carbocycles. The van der Waals surface area contributed by atoms with Crippen molar-refractivity contribution in [1.82, 2.24) is 4.57 Å². The van der Waals surface area contributed by atoms with Crippen LogP contribution in [0.2, 0.25) is 0 Å². The number of carbonyl (C=O) groups is 2. The Morgan fingerprint density at radius 3 is 2.66 bits per heavy atom. The van der Waals surface area contributed by atoms with Gasteiger partial charge in [0.25, 0.3) is 0 Å². The van der Waals surface area contributed by atoms with Crippen LogP contribution in [-0.2, 0) is 16.1 Å². The van der Waals surface area contributed by atoms with Gasteiger partial charge in [-0.05, 0) is 44.0 Å². The van der Waals surface area contributed by atoms with Crippen LogP contribution in [0.5, 0.6) is 5.75 Å². The molecule has 0 spiro atoms. The first-order valence-electron chi connectivity index (χ1n) is 10.6. The molecule has 4 rings (SSSR count). The number of nitrogens with zero attached hydrogens (tertiary/aromatic N) is 2. The number of carbonyl (C=O) groups excluding carboxylic acids is 2. The second-order valence-corrected chi connectivity index (χ2v) is 9.13. The van der Waals surface area contributed by atoms with Crippen LogP contribution >= 0.6 is 0 Å². The van der Waals surface area contributed by atoms with Crippen molar-refractivity contribution >= 4 is 34.3 Å². The Kier molecular flexibility index (Phi) is 5.54. The normalized spacial score (nSPS) is 15.4. The summed E-state index contributed by atoms with van der Waals surface area (Å²) in [6.07, 6.45) is 0. The van der Waals surface area contributed by atoms with E-state index in [1.807, 2.05) is 13.8 Å². The van der Waals surface area contributed by atoms with Crippen molar-refractivity contribution < 1.29 is 18.7 Å². The zero-order valence-corrected chi connectivity index (χ0v) is 18.7. The lowest BCUT2D eigenvalue weighted by molar-refractivity contribution is -0.127. The van der Waals surface area contributed by atoms with E-state index in [0.717, 1.165) is 0 Å². The van der Waals surface area contributed by atoms with E-state index in [9.17, 15) is 14.4 Å². The van der Waals surface area contributed by atoms with Crippen molar-refractivity contribution in [3.05, 3.63) is 53.0 Å². The van der Waals surface area contributed by atoms with E-state index in [4.69, 9.17) is 9.15 Å². The molecule has 8 heteroatoms. The van der Waals surface area contributed by atoms with Crippen molar-refractivity contribution in [3.8, 4) is 5.75 Å². The number of ether oxygens (including phenoxy) is 1. The van der Waals surface area contributed by atoms with Gasteiger partial charge in [-0.25, -0.2) is 4.79 Å². The summed E-state index contributed by atoms with van der Waals surface area (Å²) in [6.45, 7) is 8.47. The Bertz CT molecular complexity index is 1240. The van der Waals surface area contributed by atoms with Crippen molar-refractivity contribution in [2.75, 3.05) is 23.4 Å². The Balaban J connectivity index is 1.58. The van der Waals surface area contributed by atoms with E-state index in [0.29, 0.717) is 34.8 Å². The summed E-state index contributed by atoms with van der Waals surface area (Å²) < 4.78 is 12.4. The largest absolute Gasteiger partial charge is 0.490 e. The van der Waals surface area contributed by atoms with E-state index in [-0.39, 0.29) is 30.9 Å². The SMILES string of the molecule is CC(C)CN1C(=O)C(C)(C)COc2cc(NC(=O)Cn3c(=O)oc4ccccc43)ccc21. The minimum absolute atomic E-state index is 0.00736. The highest BCUT2D eigenvalue weighted by Gasteiger charge is 2.38. The van der Waals surface area contributed by atoms with Crippen molar-refractivity contribution in [2.45, 2.75) is 34.2 Å². The predicted molar refractivity (Wildman–Crippen MR) is 122 cm³/mol. The topological polar surface area (TPSA) is 93.8 Å². The molecule has 2 amide bonds. The number of hydrogen-bond acceptors (Lipinski definition) is 5. The summed E-state index contributed by atoms with van der Waals surface area (Å²) in [5.74, 6) is -0.135. The van der Waals surface area contributed by atoms with Gasteiger partial charge in [0.1, 0.15) is 18.9 Å². The highest BCUT2D eigenvalue weighted by molar-refractivity contribution is 6.00. The third-order valence-corrected chi connectivity index (χ3v) is 5.37. The standard InChI is InChI=1S/C24H27N3O5/c1-15(2)12-26-18-10-9-16(11-20(18)31-14-24(3,4)22(26)29)25-21(28)13-27-17-7-5-6-8-19(17)32-23(27)30/h5-11,15H,12-14H2,1-4H3,(H,25,28). The molecule has 0 bridgehead atoms. The van der Waals surface area contributed by atoms with Gasteiger partial charge < -0.3 is 19.4 Å². The second-order valence-electron chi connectivity index (χ2n) is 9.13. The molecule has 0 fully saturated rings. The highest BCUT2D eigenvalue weighted by atomic mass is 16.5. The van der Waals surface area contributed by atoms with Gasteiger partial charge >= 0.3 is 5.76 Å². The van der Waals surface area contributed by atoms with Gasteiger partial charge in [0.15, 0.2) is 5.58 Å². The molecular weight excluding hydrogens is 410 g/mol. The van der Waals surface area contributed by atoms with Crippen LogP contribution in [0.4, 0.5) is 11.4 Å². The molecule has 0 saturated carbocycles. The number of fused-ring (bicyclic) bond motifs is 2. The Hall–Kier alpha value is -3.55. The molecule has 0 atom stereocenters. The smallest absolute Gasteiger partial charge is 0.420 e. The summed E-state index contributed by atoms with van der Waals surface area (Å²) in [5.41, 5.74) is 1.53. The Morgan fingerprint density at radius 2 is 1.91 bits per heavy atom. The molecule has 8 nitrogen and oxygen atoms in total. The maximum atomic E-state index is 13.1. The molecule has 168 valence electrons. The molecule has 0 unspecified atom stereocenters. The van der Waals surface area contributed by atoms with Gasteiger partial charge in [-0.15, -0.1) is 0 Å². The Labute approximate surface area is 185 Å². The van der Waals surface area contributed by atoms with Crippen LogP contribution in [0.1, 0.15) is 27.7 Å². The number of hydrogen-bond donors (Lipinski definition) is 1. The lowest BCUT2D eigenvalue weighted by Gasteiger charge is -2.29. The van der Waals surface area contributed by atoms with Crippen molar-refractivity contribution in [2.24, 2.45) is 11.3 Å². The van der Waals surface area contributed by atoms with E-state index in [2.05, 4.69) is 19.2 Å². The van der Waals surface area contributed by atoms with Gasteiger partial charge in [-0.2, -0.15) is 0 Å². The first kappa shape index (κ1) is 21.7. The van der Waals surface area contributed by atoms with E-state index >= 15 is 0 Å². The van der Waals surface area contributed by atoms with Gasteiger partial charge in [-0.3, -0.25) is 14.2 Å². The Morgan fingerprint density at radius 1 is 1.16 bits per heavy atom. The molecule has 0 saturated heterocycles. The summed E-state index contributed by atoms with van der Waals surface area (Å²) in [5, 5.41) is 2.81. The van der Waals surface area contributed by atoms with E-state index in [1.165, 1.54) is 4.57 Å². The fourth-order valence-electron chi connectivity index (χ4n) is 3.78. The molecule has 0 radical (unpaired) electrons. The predicted octanol–water partition coefficient (Wildman–Crippen LogP) is 3.64. The number of oxazole rings is 1. The third kappa shape index (κ3) is 4.12. The first-order valence-corrected chi connectivity index (χ1v) is 10.6. The molecule has 1 aromatic heterocycles. The zero-order valence-electron chi connectivity index (χ0n) is 18.7. The lowest BCUT2D eigenvalue weighted by atomic mass is 9.92. The molecule has 32 heavy (non-hydrogen) atoms. The second kappa shape index (κ2) is 8.18. The van der Waals surface area contributed by atoms with E-state index in [1.54, 1.807) is 47.4 Å². The first-order chi connectivity index (χ1) is 15.2. The molecule has 1 aliphatic rings. The number of para-hydroxylation sites is 2. The van der Waals surface area contributed by atoms with Crippen LogP contribution in [0, 0.1) is 11.3 Å². The molecule has 2 heterocycles. The number of aromatic nitrogens is 1. The van der Waals surface area contributed by atoms with Gasteiger partial charge in [0.2, 0.25) is 11.8 Å². The maximum absolute atomic E-state index is 13.1. The minimum Gasteiger partial charge on any atom is -0.490 e. The fourth-order valence-corrected chi connectivity index (χ4v) is 3.78.